The predicted molar refractivity (Wildman–Crippen MR) is 122 cm³/mol. The number of anilines is 1. The summed E-state index contributed by atoms with van der Waals surface area (Å²) in [6.45, 7) is 5.40. The molecule has 0 amide bonds. The SMILES string of the molecule is CC1CCN(c2ncc(-c3cncn3[C@@H](CCN(C)C)c3ccccc3)cn2)CC1. The van der Waals surface area contributed by atoms with Gasteiger partial charge < -0.3 is 14.4 Å². The van der Waals surface area contributed by atoms with Crippen molar-refractivity contribution in [1.29, 1.82) is 0 Å². The second-order valence-corrected chi connectivity index (χ2v) is 8.65. The molecule has 6 nitrogen and oxygen atoms in total. The van der Waals surface area contributed by atoms with Crippen LogP contribution in [0.5, 0.6) is 0 Å². The van der Waals surface area contributed by atoms with Crippen LogP contribution in [0.2, 0.25) is 0 Å². The number of aromatic nitrogens is 4. The summed E-state index contributed by atoms with van der Waals surface area (Å²) in [6, 6.07) is 10.9. The third-order valence-electron chi connectivity index (χ3n) is 6.04. The van der Waals surface area contributed by atoms with Crippen LogP contribution >= 0.6 is 0 Å². The molecule has 0 saturated carbocycles. The van der Waals surface area contributed by atoms with Gasteiger partial charge in [0.2, 0.25) is 5.95 Å². The molecule has 6 heteroatoms. The van der Waals surface area contributed by atoms with Gasteiger partial charge in [-0.1, -0.05) is 37.3 Å². The highest BCUT2D eigenvalue weighted by Gasteiger charge is 2.20. The third-order valence-corrected chi connectivity index (χ3v) is 6.04. The number of hydrogen-bond acceptors (Lipinski definition) is 5. The van der Waals surface area contributed by atoms with Gasteiger partial charge >= 0.3 is 0 Å². The Morgan fingerprint density at radius 3 is 2.40 bits per heavy atom. The van der Waals surface area contributed by atoms with Crippen molar-refractivity contribution in [2.75, 3.05) is 38.6 Å². The van der Waals surface area contributed by atoms with Crippen LogP contribution in [0.1, 0.15) is 37.8 Å². The maximum Gasteiger partial charge on any atom is 0.225 e. The van der Waals surface area contributed by atoms with E-state index in [1.807, 2.05) is 24.9 Å². The summed E-state index contributed by atoms with van der Waals surface area (Å²) in [6.07, 6.45) is 11.2. The van der Waals surface area contributed by atoms with Crippen LogP contribution in [0.15, 0.2) is 55.2 Å². The fourth-order valence-electron chi connectivity index (χ4n) is 4.12. The summed E-state index contributed by atoms with van der Waals surface area (Å²) in [5, 5.41) is 0. The van der Waals surface area contributed by atoms with E-state index >= 15 is 0 Å². The van der Waals surface area contributed by atoms with Crippen molar-refractivity contribution in [3.63, 3.8) is 0 Å². The number of imidazole rings is 1. The van der Waals surface area contributed by atoms with Gasteiger partial charge in [0.05, 0.1) is 24.3 Å². The molecular formula is C24H32N6. The zero-order valence-electron chi connectivity index (χ0n) is 18.3. The zero-order chi connectivity index (χ0) is 20.9. The van der Waals surface area contributed by atoms with Gasteiger partial charge in [-0.25, -0.2) is 15.0 Å². The average molecular weight is 405 g/mol. The molecule has 3 heterocycles. The van der Waals surface area contributed by atoms with Crippen molar-refractivity contribution in [3.05, 3.63) is 60.8 Å². The molecule has 1 fully saturated rings. The topological polar surface area (TPSA) is 50.1 Å². The maximum absolute atomic E-state index is 4.70. The minimum Gasteiger partial charge on any atom is -0.341 e. The lowest BCUT2D eigenvalue weighted by Crippen LogP contribution is -2.34. The van der Waals surface area contributed by atoms with Gasteiger partial charge in [0.15, 0.2) is 0 Å². The fourth-order valence-corrected chi connectivity index (χ4v) is 4.12. The summed E-state index contributed by atoms with van der Waals surface area (Å²) >= 11 is 0. The summed E-state index contributed by atoms with van der Waals surface area (Å²) < 4.78 is 2.26. The molecular weight excluding hydrogens is 372 g/mol. The minimum atomic E-state index is 0.217. The monoisotopic (exact) mass is 404 g/mol. The summed E-state index contributed by atoms with van der Waals surface area (Å²) in [5.41, 5.74) is 3.35. The number of hydrogen-bond donors (Lipinski definition) is 0. The molecule has 0 spiro atoms. The Balaban J connectivity index is 1.59. The molecule has 0 N–H and O–H groups in total. The minimum absolute atomic E-state index is 0.217. The first-order chi connectivity index (χ1) is 14.6. The van der Waals surface area contributed by atoms with Crippen LogP contribution in [0, 0.1) is 5.92 Å². The van der Waals surface area contributed by atoms with Crippen molar-refractivity contribution in [2.24, 2.45) is 5.92 Å². The molecule has 0 bridgehead atoms. The van der Waals surface area contributed by atoms with Gasteiger partial charge in [0.25, 0.3) is 0 Å². The molecule has 0 radical (unpaired) electrons. The Labute approximate surface area is 179 Å². The number of benzene rings is 1. The van der Waals surface area contributed by atoms with Crippen molar-refractivity contribution in [1.82, 2.24) is 24.4 Å². The Bertz CT molecular complexity index is 910. The maximum atomic E-state index is 4.70. The lowest BCUT2D eigenvalue weighted by Gasteiger charge is -2.30. The van der Waals surface area contributed by atoms with Crippen LogP contribution in [0.4, 0.5) is 5.95 Å². The average Bonchev–Trinajstić information content (AvgIpc) is 3.25. The summed E-state index contributed by atoms with van der Waals surface area (Å²) in [4.78, 5) is 18.4. The number of nitrogens with zero attached hydrogens (tertiary/aromatic N) is 6. The highest BCUT2D eigenvalue weighted by Crippen LogP contribution is 2.29. The molecule has 1 aliphatic heterocycles. The van der Waals surface area contributed by atoms with E-state index in [1.165, 1.54) is 18.4 Å². The molecule has 0 aliphatic carbocycles. The molecule has 2 aromatic heterocycles. The first-order valence-corrected chi connectivity index (χ1v) is 10.9. The quantitative estimate of drug-likeness (QED) is 0.593. The normalized spacial score (nSPS) is 16.2. The van der Waals surface area contributed by atoms with Gasteiger partial charge in [-0.15, -0.1) is 0 Å². The summed E-state index contributed by atoms with van der Waals surface area (Å²) in [7, 11) is 4.23. The smallest absolute Gasteiger partial charge is 0.225 e. The van der Waals surface area contributed by atoms with Crippen LogP contribution in [-0.4, -0.2) is 58.1 Å². The standard InChI is InChI=1S/C24H32N6/c1-19-9-13-29(14-10-19)24-26-15-21(16-27-24)23-17-25-18-30(23)22(11-12-28(2)3)20-7-5-4-6-8-20/h4-8,15-19,22H,9-14H2,1-3H3/t22-/m0/s1. The molecule has 0 unspecified atom stereocenters. The van der Waals surface area contributed by atoms with Crippen LogP contribution in [-0.2, 0) is 0 Å². The van der Waals surface area contributed by atoms with Crippen LogP contribution in [0.25, 0.3) is 11.3 Å². The Morgan fingerprint density at radius 1 is 1.03 bits per heavy atom. The van der Waals surface area contributed by atoms with Gasteiger partial charge in [-0.05, 0) is 51.4 Å². The third kappa shape index (κ3) is 4.70. The van der Waals surface area contributed by atoms with E-state index in [2.05, 4.69) is 70.7 Å². The molecule has 1 atom stereocenters. The summed E-state index contributed by atoms with van der Waals surface area (Å²) in [5.74, 6) is 1.64. The molecule has 3 aromatic rings. The lowest BCUT2D eigenvalue weighted by molar-refractivity contribution is 0.367. The van der Waals surface area contributed by atoms with Gasteiger partial charge in [0, 0.05) is 31.0 Å². The zero-order valence-corrected chi connectivity index (χ0v) is 18.3. The van der Waals surface area contributed by atoms with Gasteiger partial charge in [0.1, 0.15) is 0 Å². The van der Waals surface area contributed by atoms with E-state index in [-0.39, 0.29) is 6.04 Å². The Morgan fingerprint density at radius 2 is 1.73 bits per heavy atom. The van der Waals surface area contributed by atoms with E-state index < -0.39 is 0 Å². The van der Waals surface area contributed by atoms with Gasteiger partial charge in [-0.3, -0.25) is 0 Å². The van der Waals surface area contributed by atoms with Crippen LogP contribution in [0.3, 0.4) is 0 Å². The van der Waals surface area contributed by atoms with Gasteiger partial charge in [-0.2, -0.15) is 0 Å². The van der Waals surface area contributed by atoms with E-state index in [1.54, 1.807) is 0 Å². The van der Waals surface area contributed by atoms with E-state index in [0.29, 0.717) is 0 Å². The van der Waals surface area contributed by atoms with Crippen LogP contribution < -0.4 is 4.90 Å². The molecule has 4 rings (SSSR count). The molecule has 158 valence electrons. The van der Waals surface area contributed by atoms with Crippen molar-refractivity contribution >= 4 is 5.95 Å². The Hall–Kier alpha value is -2.73. The van der Waals surface area contributed by atoms with E-state index in [9.17, 15) is 0 Å². The number of rotatable bonds is 7. The van der Waals surface area contributed by atoms with Crippen molar-refractivity contribution in [2.45, 2.75) is 32.2 Å². The highest BCUT2D eigenvalue weighted by molar-refractivity contribution is 5.58. The van der Waals surface area contributed by atoms with Crippen molar-refractivity contribution in [3.8, 4) is 11.3 Å². The second-order valence-electron chi connectivity index (χ2n) is 8.65. The highest BCUT2D eigenvalue weighted by atomic mass is 15.2. The first kappa shape index (κ1) is 20.5. The first-order valence-electron chi connectivity index (χ1n) is 10.9. The largest absolute Gasteiger partial charge is 0.341 e. The fraction of sp³-hybridized carbons (Fsp3) is 0.458. The molecule has 30 heavy (non-hydrogen) atoms. The second kappa shape index (κ2) is 9.39. The van der Waals surface area contributed by atoms with Crippen molar-refractivity contribution < 1.29 is 0 Å². The Kier molecular flexibility index (Phi) is 6.43. The molecule has 1 aromatic carbocycles. The lowest BCUT2D eigenvalue weighted by atomic mass is 10.00. The predicted octanol–water partition coefficient (Wildman–Crippen LogP) is 4.12. The molecule has 1 aliphatic rings. The molecule has 1 saturated heterocycles. The number of piperidine rings is 1. The van der Waals surface area contributed by atoms with E-state index in [0.717, 1.165) is 49.2 Å². The van der Waals surface area contributed by atoms with E-state index in [4.69, 9.17) is 9.97 Å².